The van der Waals surface area contributed by atoms with Crippen molar-refractivity contribution in [2.24, 2.45) is 7.05 Å². The molecular weight excluding hydrogens is 178 g/mol. The van der Waals surface area contributed by atoms with Gasteiger partial charge in [0.2, 0.25) is 5.91 Å². The number of nitrogens with zero attached hydrogens (tertiary/aromatic N) is 3. The Bertz CT molecular complexity index is 330. The first-order valence-electron chi connectivity index (χ1n) is 4.77. The summed E-state index contributed by atoms with van der Waals surface area (Å²) in [6, 6.07) is 0. The Kier molecular flexibility index (Phi) is 3.28. The summed E-state index contributed by atoms with van der Waals surface area (Å²) < 4.78 is 1.82. The number of hydrogen-bond acceptors (Lipinski definition) is 2. The lowest BCUT2D eigenvalue weighted by molar-refractivity contribution is -0.130. The Morgan fingerprint density at radius 3 is 2.71 bits per heavy atom. The van der Waals surface area contributed by atoms with Crippen molar-refractivity contribution in [1.82, 2.24) is 14.7 Å². The smallest absolute Gasteiger partial charge is 0.222 e. The van der Waals surface area contributed by atoms with Gasteiger partial charge < -0.3 is 4.90 Å². The summed E-state index contributed by atoms with van der Waals surface area (Å²) in [4.78, 5) is 13.1. The molecule has 0 fully saturated rings. The summed E-state index contributed by atoms with van der Waals surface area (Å²) in [6.45, 7) is 4.52. The molecule has 0 spiro atoms. The molecule has 0 aliphatic carbocycles. The molecule has 0 saturated heterocycles. The number of hydrogen-bond donors (Lipinski definition) is 0. The van der Waals surface area contributed by atoms with E-state index in [-0.39, 0.29) is 5.91 Å². The van der Waals surface area contributed by atoms with Gasteiger partial charge in [0, 0.05) is 38.3 Å². The molecule has 0 saturated carbocycles. The van der Waals surface area contributed by atoms with Crippen molar-refractivity contribution in [3.05, 3.63) is 17.5 Å². The fourth-order valence-electron chi connectivity index (χ4n) is 1.31. The van der Waals surface area contributed by atoms with Crippen LogP contribution in [-0.2, 0) is 18.4 Å². The van der Waals surface area contributed by atoms with E-state index >= 15 is 0 Å². The molecule has 0 aromatic carbocycles. The Morgan fingerprint density at radius 1 is 1.64 bits per heavy atom. The van der Waals surface area contributed by atoms with E-state index in [0.29, 0.717) is 13.0 Å². The molecule has 14 heavy (non-hydrogen) atoms. The van der Waals surface area contributed by atoms with Crippen LogP contribution < -0.4 is 0 Å². The van der Waals surface area contributed by atoms with E-state index < -0.39 is 0 Å². The van der Waals surface area contributed by atoms with Gasteiger partial charge in [-0.25, -0.2) is 0 Å². The van der Waals surface area contributed by atoms with Gasteiger partial charge in [-0.3, -0.25) is 9.48 Å². The summed E-state index contributed by atoms with van der Waals surface area (Å²) in [5, 5.41) is 4.13. The third-order valence-corrected chi connectivity index (χ3v) is 2.47. The first-order chi connectivity index (χ1) is 6.56. The van der Waals surface area contributed by atoms with E-state index in [2.05, 4.69) is 5.10 Å². The molecule has 78 valence electrons. The molecule has 1 heterocycles. The van der Waals surface area contributed by atoms with Gasteiger partial charge in [-0.2, -0.15) is 5.10 Å². The van der Waals surface area contributed by atoms with Crippen molar-refractivity contribution in [2.45, 2.75) is 26.8 Å². The van der Waals surface area contributed by atoms with Crippen molar-refractivity contribution >= 4 is 5.91 Å². The zero-order valence-electron chi connectivity index (χ0n) is 9.24. The molecule has 4 nitrogen and oxygen atoms in total. The largest absolute Gasteiger partial charge is 0.341 e. The number of carbonyl (C=O) groups is 1. The minimum Gasteiger partial charge on any atom is -0.341 e. The summed E-state index contributed by atoms with van der Waals surface area (Å²) >= 11 is 0. The van der Waals surface area contributed by atoms with Gasteiger partial charge in [-0.15, -0.1) is 0 Å². The van der Waals surface area contributed by atoms with Gasteiger partial charge in [-0.1, -0.05) is 6.92 Å². The molecule has 1 aromatic rings. The van der Waals surface area contributed by atoms with Crippen molar-refractivity contribution < 1.29 is 4.79 Å². The zero-order chi connectivity index (χ0) is 10.7. The normalized spacial score (nSPS) is 10.3. The lowest BCUT2D eigenvalue weighted by atomic mass is 10.2. The molecule has 0 N–H and O–H groups in total. The summed E-state index contributed by atoms with van der Waals surface area (Å²) in [6.07, 6.45) is 2.37. The van der Waals surface area contributed by atoms with E-state index in [1.807, 2.05) is 38.8 Å². The van der Waals surface area contributed by atoms with Gasteiger partial charge in [0.15, 0.2) is 0 Å². The van der Waals surface area contributed by atoms with E-state index in [1.165, 1.54) is 0 Å². The van der Waals surface area contributed by atoms with Crippen LogP contribution >= 0.6 is 0 Å². The zero-order valence-corrected chi connectivity index (χ0v) is 9.24. The SMILES string of the molecule is CCC(=O)N(C)Cc1cnn(C)c1C. The number of carbonyl (C=O) groups excluding carboxylic acids is 1. The van der Waals surface area contributed by atoms with Crippen LogP contribution in [-0.4, -0.2) is 27.6 Å². The number of aryl methyl sites for hydroxylation is 1. The van der Waals surface area contributed by atoms with Crippen molar-refractivity contribution in [3.63, 3.8) is 0 Å². The van der Waals surface area contributed by atoms with E-state index in [4.69, 9.17) is 0 Å². The Hall–Kier alpha value is -1.32. The van der Waals surface area contributed by atoms with E-state index in [0.717, 1.165) is 11.3 Å². The van der Waals surface area contributed by atoms with Crippen LogP contribution in [0.4, 0.5) is 0 Å². The molecule has 0 atom stereocenters. The lowest BCUT2D eigenvalue weighted by Gasteiger charge is -2.15. The van der Waals surface area contributed by atoms with Crippen LogP contribution in [0.1, 0.15) is 24.6 Å². The standard InChI is InChI=1S/C10H17N3O/c1-5-10(14)12(3)7-9-6-11-13(4)8(9)2/h6H,5,7H2,1-4H3. The van der Waals surface area contributed by atoms with E-state index in [9.17, 15) is 4.79 Å². The van der Waals surface area contributed by atoms with Crippen LogP contribution in [0.2, 0.25) is 0 Å². The predicted octanol–water partition coefficient (Wildman–Crippen LogP) is 1.10. The highest BCUT2D eigenvalue weighted by molar-refractivity contribution is 5.75. The maximum Gasteiger partial charge on any atom is 0.222 e. The maximum atomic E-state index is 11.3. The molecule has 0 radical (unpaired) electrons. The fourth-order valence-corrected chi connectivity index (χ4v) is 1.31. The number of amides is 1. The van der Waals surface area contributed by atoms with Crippen LogP contribution in [0.5, 0.6) is 0 Å². The van der Waals surface area contributed by atoms with Gasteiger partial charge in [0.05, 0.1) is 6.20 Å². The van der Waals surface area contributed by atoms with Gasteiger partial charge in [0.1, 0.15) is 0 Å². The van der Waals surface area contributed by atoms with Crippen molar-refractivity contribution in [1.29, 1.82) is 0 Å². The van der Waals surface area contributed by atoms with Crippen LogP contribution in [0, 0.1) is 6.92 Å². The molecular formula is C10H17N3O. The van der Waals surface area contributed by atoms with Gasteiger partial charge in [-0.05, 0) is 6.92 Å². The molecule has 4 heteroatoms. The van der Waals surface area contributed by atoms with Crippen LogP contribution in [0.15, 0.2) is 6.20 Å². The van der Waals surface area contributed by atoms with Crippen molar-refractivity contribution in [3.8, 4) is 0 Å². The molecule has 0 aliphatic rings. The van der Waals surface area contributed by atoms with Gasteiger partial charge >= 0.3 is 0 Å². The molecule has 1 rings (SSSR count). The summed E-state index contributed by atoms with van der Waals surface area (Å²) in [7, 11) is 3.72. The maximum absolute atomic E-state index is 11.3. The molecule has 0 aliphatic heterocycles. The second-order valence-corrected chi connectivity index (χ2v) is 3.48. The molecule has 0 bridgehead atoms. The Labute approximate surface area is 84.5 Å². The molecule has 1 aromatic heterocycles. The third kappa shape index (κ3) is 2.13. The first-order valence-corrected chi connectivity index (χ1v) is 4.77. The first kappa shape index (κ1) is 10.8. The molecule has 0 unspecified atom stereocenters. The van der Waals surface area contributed by atoms with Crippen LogP contribution in [0.3, 0.4) is 0 Å². The fraction of sp³-hybridized carbons (Fsp3) is 0.600. The average molecular weight is 195 g/mol. The van der Waals surface area contributed by atoms with Crippen LogP contribution in [0.25, 0.3) is 0 Å². The van der Waals surface area contributed by atoms with E-state index in [1.54, 1.807) is 4.90 Å². The highest BCUT2D eigenvalue weighted by Crippen LogP contribution is 2.08. The second kappa shape index (κ2) is 4.26. The highest BCUT2D eigenvalue weighted by Gasteiger charge is 2.10. The monoisotopic (exact) mass is 195 g/mol. The molecule has 1 amide bonds. The highest BCUT2D eigenvalue weighted by atomic mass is 16.2. The average Bonchev–Trinajstić information content (AvgIpc) is 2.48. The third-order valence-electron chi connectivity index (χ3n) is 2.47. The second-order valence-electron chi connectivity index (χ2n) is 3.48. The van der Waals surface area contributed by atoms with Gasteiger partial charge in [0.25, 0.3) is 0 Å². The summed E-state index contributed by atoms with van der Waals surface area (Å²) in [5.41, 5.74) is 2.22. The minimum absolute atomic E-state index is 0.160. The number of rotatable bonds is 3. The van der Waals surface area contributed by atoms with Crippen molar-refractivity contribution in [2.75, 3.05) is 7.05 Å². The predicted molar refractivity (Wildman–Crippen MR) is 54.7 cm³/mol. The Balaban J connectivity index is 2.69. The lowest BCUT2D eigenvalue weighted by Crippen LogP contribution is -2.25. The Morgan fingerprint density at radius 2 is 2.29 bits per heavy atom. The quantitative estimate of drug-likeness (QED) is 0.724. The topological polar surface area (TPSA) is 38.1 Å². The number of aromatic nitrogens is 2. The summed E-state index contributed by atoms with van der Waals surface area (Å²) in [5.74, 6) is 0.160. The minimum atomic E-state index is 0.160.